The number of non-ortho nitro benzene ring substituents is 2. The van der Waals surface area contributed by atoms with Gasteiger partial charge in [0.25, 0.3) is 17.3 Å². The maximum Gasteiger partial charge on any atom is 0.277 e. The van der Waals surface area contributed by atoms with Crippen LogP contribution in [0.5, 0.6) is 0 Å². The second kappa shape index (κ2) is 7.62. The van der Waals surface area contributed by atoms with E-state index in [1.807, 2.05) is 0 Å². The van der Waals surface area contributed by atoms with Crippen LogP contribution in [-0.4, -0.2) is 21.5 Å². The molecule has 0 aliphatic carbocycles. The molecule has 0 saturated heterocycles. The number of carbonyl (C=O) groups excluding carboxylic acids is 1. The summed E-state index contributed by atoms with van der Waals surface area (Å²) in [5.74, 6) is -0.789. The number of rotatable bonds is 5. The van der Waals surface area contributed by atoms with E-state index in [1.165, 1.54) is 0 Å². The molecule has 2 aromatic rings. The monoisotopic (exact) mass is 406 g/mol. The molecule has 1 amide bonds. The summed E-state index contributed by atoms with van der Waals surface area (Å²) in [6.45, 7) is 1.67. The van der Waals surface area contributed by atoms with Crippen LogP contribution >= 0.6 is 15.9 Å². The number of hydrogen-bond donors (Lipinski definition) is 1. The average molecular weight is 407 g/mol. The first-order valence-electron chi connectivity index (χ1n) is 6.82. The van der Waals surface area contributed by atoms with Crippen molar-refractivity contribution in [3.05, 3.63) is 78.3 Å². The van der Waals surface area contributed by atoms with Gasteiger partial charge in [0, 0.05) is 16.6 Å². The number of nitro groups is 2. The van der Waals surface area contributed by atoms with Gasteiger partial charge in [-0.3, -0.25) is 25.0 Å². The summed E-state index contributed by atoms with van der Waals surface area (Å²) >= 11 is 3.30. The minimum atomic E-state index is -0.805. The van der Waals surface area contributed by atoms with Gasteiger partial charge < -0.3 is 0 Å². The number of amides is 1. The van der Waals surface area contributed by atoms with E-state index in [0.717, 1.165) is 28.2 Å². The van der Waals surface area contributed by atoms with Crippen LogP contribution in [0, 0.1) is 20.2 Å². The Balaban J connectivity index is 2.25. The normalized spacial score (nSPS) is 11.0. The minimum absolute atomic E-state index is 0.228. The summed E-state index contributed by atoms with van der Waals surface area (Å²) in [4.78, 5) is 32.2. The van der Waals surface area contributed by atoms with Crippen molar-refractivity contribution in [2.75, 3.05) is 0 Å². The highest BCUT2D eigenvalue weighted by Crippen LogP contribution is 2.22. The van der Waals surface area contributed by atoms with Crippen LogP contribution in [0.4, 0.5) is 11.4 Å². The zero-order valence-corrected chi connectivity index (χ0v) is 14.4. The van der Waals surface area contributed by atoms with E-state index in [-0.39, 0.29) is 5.56 Å². The third kappa shape index (κ3) is 4.67. The molecule has 9 nitrogen and oxygen atoms in total. The number of carbonyl (C=O) groups is 1. The van der Waals surface area contributed by atoms with Crippen molar-refractivity contribution in [3.63, 3.8) is 0 Å². The standard InChI is InChI=1S/C15H11BrN4O5/c1-9(10-2-4-12(16)5-3-10)17-18-15(21)11-6-13(19(22)23)8-14(7-11)20(24)25/h2-8H,1H3,(H,18,21)/b17-9+. The predicted octanol–water partition coefficient (Wildman–Crippen LogP) is 3.42. The van der Waals surface area contributed by atoms with Crippen LogP contribution in [0.3, 0.4) is 0 Å². The topological polar surface area (TPSA) is 128 Å². The quantitative estimate of drug-likeness (QED) is 0.462. The zero-order valence-electron chi connectivity index (χ0n) is 12.8. The van der Waals surface area contributed by atoms with Crippen molar-refractivity contribution in [3.8, 4) is 0 Å². The van der Waals surface area contributed by atoms with Gasteiger partial charge in [0.2, 0.25) is 0 Å². The highest BCUT2D eigenvalue weighted by atomic mass is 79.9. The van der Waals surface area contributed by atoms with Crippen molar-refractivity contribution in [1.82, 2.24) is 5.43 Å². The second-order valence-corrected chi connectivity index (χ2v) is 5.81. The lowest BCUT2D eigenvalue weighted by Crippen LogP contribution is -2.19. The summed E-state index contributed by atoms with van der Waals surface area (Å²) < 4.78 is 0.886. The van der Waals surface area contributed by atoms with E-state index >= 15 is 0 Å². The first-order chi connectivity index (χ1) is 11.8. The number of hydrazone groups is 1. The van der Waals surface area contributed by atoms with Crippen molar-refractivity contribution in [2.24, 2.45) is 5.10 Å². The van der Waals surface area contributed by atoms with Gasteiger partial charge in [-0.05, 0) is 24.6 Å². The SMILES string of the molecule is C/C(=N\NC(=O)c1cc([N+](=O)[O-])cc([N+](=O)[O-])c1)c1ccc(Br)cc1. The summed E-state index contributed by atoms with van der Waals surface area (Å²) in [5, 5.41) is 25.6. The predicted molar refractivity (Wildman–Crippen MR) is 93.6 cm³/mol. The number of hydrogen-bond acceptors (Lipinski definition) is 6. The average Bonchev–Trinajstić information content (AvgIpc) is 2.59. The molecule has 0 spiro atoms. The molecule has 0 unspecified atom stereocenters. The Morgan fingerprint density at radius 3 is 2.00 bits per heavy atom. The first kappa shape index (κ1) is 18.2. The smallest absolute Gasteiger partial charge is 0.267 e. The molecule has 2 aromatic carbocycles. The molecule has 0 aliphatic heterocycles. The van der Waals surface area contributed by atoms with E-state index < -0.39 is 27.1 Å². The van der Waals surface area contributed by atoms with Crippen molar-refractivity contribution in [2.45, 2.75) is 6.92 Å². The summed E-state index contributed by atoms with van der Waals surface area (Å²) in [6.07, 6.45) is 0. The highest BCUT2D eigenvalue weighted by Gasteiger charge is 2.19. The van der Waals surface area contributed by atoms with Gasteiger partial charge in [-0.25, -0.2) is 5.43 Å². The molecule has 0 bridgehead atoms. The minimum Gasteiger partial charge on any atom is -0.267 e. The fourth-order valence-corrected chi connectivity index (χ4v) is 2.16. The summed E-state index contributed by atoms with van der Waals surface area (Å²) in [6, 6.07) is 9.87. The lowest BCUT2D eigenvalue weighted by Gasteiger charge is -2.04. The van der Waals surface area contributed by atoms with Crippen molar-refractivity contribution < 1.29 is 14.6 Å². The van der Waals surface area contributed by atoms with Crippen molar-refractivity contribution in [1.29, 1.82) is 0 Å². The van der Waals surface area contributed by atoms with Gasteiger partial charge in [0.1, 0.15) is 0 Å². The van der Waals surface area contributed by atoms with Gasteiger partial charge in [-0.2, -0.15) is 5.10 Å². The van der Waals surface area contributed by atoms with Crippen molar-refractivity contribution >= 4 is 38.9 Å². The molecular formula is C15H11BrN4O5. The lowest BCUT2D eigenvalue weighted by atomic mass is 10.1. The molecule has 0 fully saturated rings. The van der Waals surface area contributed by atoms with E-state index in [9.17, 15) is 25.0 Å². The Kier molecular flexibility index (Phi) is 5.55. The van der Waals surface area contributed by atoms with Gasteiger partial charge in [0.05, 0.1) is 27.2 Å². The Morgan fingerprint density at radius 1 is 1.00 bits per heavy atom. The Hall–Kier alpha value is -3.14. The summed E-state index contributed by atoms with van der Waals surface area (Å²) in [7, 11) is 0. The largest absolute Gasteiger partial charge is 0.277 e. The number of benzene rings is 2. The van der Waals surface area contributed by atoms with Crippen LogP contribution in [0.15, 0.2) is 52.0 Å². The molecule has 2 rings (SSSR count). The van der Waals surface area contributed by atoms with Crippen LogP contribution in [-0.2, 0) is 0 Å². The first-order valence-corrected chi connectivity index (χ1v) is 7.61. The molecular weight excluding hydrogens is 396 g/mol. The maximum absolute atomic E-state index is 12.1. The third-order valence-corrected chi connectivity index (χ3v) is 3.70. The third-order valence-electron chi connectivity index (χ3n) is 3.17. The Morgan fingerprint density at radius 2 is 1.52 bits per heavy atom. The fraction of sp³-hybridized carbons (Fsp3) is 0.0667. The van der Waals surface area contributed by atoms with Gasteiger partial charge in [-0.1, -0.05) is 28.1 Å². The van der Waals surface area contributed by atoms with Crippen LogP contribution in [0.2, 0.25) is 0 Å². The highest BCUT2D eigenvalue weighted by molar-refractivity contribution is 9.10. The molecule has 25 heavy (non-hydrogen) atoms. The van der Waals surface area contributed by atoms with Gasteiger partial charge in [0.15, 0.2) is 0 Å². The van der Waals surface area contributed by atoms with Gasteiger partial charge in [-0.15, -0.1) is 0 Å². The fourth-order valence-electron chi connectivity index (χ4n) is 1.89. The molecule has 0 heterocycles. The molecule has 128 valence electrons. The van der Waals surface area contributed by atoms with Crippen LogP contribution < -0.4 is 5.43 Å². The van der Waals surface area contributed by atoms with Crippen LogP contribution in [0.1, 0.15) is 22.8 Å². The molecule has 0 atom stereocenters. The van der Waals surface area contributed by atoms with E-state index in [1.54, 1.807) is 31.2 Å². The number of nitrogens with zero attached hydrogens (tertiary/aromatic N) is 3. The van der Waals surface area contributed by atoms with E-state index in [4.69, 9.17) is 0 Å². The molecule has 0 radical (unpaired) electrons. The van der Waals surface area contributed by atoms with Gasteiger partial charge >= 0.3 is 0 Å². The maximum atomic E-state index is 12.1. The summed E-state index contributed by atoms with van der Waals surface area (Å²) in [5.41, 5.74) is 2.17. The van der Waals surface area contributed by atoms with Crippen LogP contribution in [0.25, 0.3) is 0 Å². The Labute approximate surface area is 149 Å². The Bertz CT molecular complexity index is 848. The number of nitro benzene ring substituents is 2. The molecule has 0 aliphatic rings. The second-order valence-electron chi connectivity index (χ2n) is 4.90. The van der Waals surface area contributed by atoms with E-state index in [2.05, 4.69) is 26.5 Å². The zero-order chi connectivity index (χ0) is 18.6. The van der Waals surface area contributed by atoms with E-state index in [0.29, 0.717) is 5.71 Å². The lowest BCUT2D eigenvalue weighted by molar-refractivity contribution is -0.394. The molecule has 10 heteroatoms. The molecule has 0 aromatic heterocycles. The molecule has 1 N–H and O–H groups in total. The number of halogens is 1. The number of nitrogens with one attached hydrogen (secondary N) is 1. The molecule has 0 saturated carbocycles.